The molecular formula is C23H24N2O4S2. The van der Waals surface area contributed by atoms with Crippen LogP contribution < -0.4 is 14.4 Å². The van der Waals surface area contributed by atoms with Gasteiger partial charge in [0.15, 0.2) is 0 Å². The maximum absolute atomic E-state index is 12.9. The molecule has 0 radical (unpaired) electrons. The first-order chi connectivity index (χ1) is 14.8. The molecule has 31 heavy (non-hydrogen) atoms. The Hall–Kier alpha value is -2.97. The highest BCUT2D eigenvalue weighted by molar-refractivity contribution is 7.98. The summed E-state index contributed by atoms with van der Waals surface area (Å²) in [5.74, 6) is 0.519. The van der Waals surface area contributed by atoms with Gasteiger partial charge in [-0.2, -0.15) is 0 Å². The number of nitrogens with zero attached hydrogens (tertiary/aromatic N) is 1. The molecule has 3 aromatic rings. The van der Waals surface area contributed by atoms with Crippen molar-refractivity contribution in [2.75, 3.05) is 24.7 Å². The summed E-state index contributed by atoms with van der Waals surface area (Å²) in [7, 11) is -0.591. The minimum absolute atomic E-state index is 0.217. The van der Waals surface area contributed by atoms with Gasteiger partial charge in [-0.15, -0.1) is 11.8 Å². The van der Waals surface area contributed by atoms with Crippen molar-refractivity contribution in [1.82, 2.24) is 5.32 Å². The third-order valence-electron chi connectivity index (χ3n) is 4.82. The average Bonchev–Trinajstić information content (AvgIpc) is 2.82. The normalized spacial score (nSPS) is 11.1. The van der Waals surface area contributed by atoms with E-state index in [0.29, 0.717) is 17.8 Å². The van der Waals surface area contributed by atoms with E-state index in [1.807, 2.05) is 30.5 Å². The molecule has 0 saturated heterocycles. The largest absolute Gasteiger partial charge is 0.497 e. The van der Waals surface area contributed by atoms with Crippen molar-refractivity contribution in [3.8, 4) is 5.75 Å². The monoisotopic (exact) mass is 456 g/mol. The van der Waals surface area contributed by atoms with E-state index in [9.17, 15) is 13.2 Å². The number of hydrogen-bond acceptors (Lipinski definition) is 5. The fourth-order valence-electron chi connectivity index (χ4n) is 2.90. The lowest BCUT2D eigenvalue weighted by Crippen LogP contribution is -2.27. The van der Waals surface area contributed by atoms with Crippen LogP contribution in [0.2, 0.25) is 0 Å². The zero-order valence-electron chi connectivity index (χ0n) is 17.5. The Kier molecular flexibility index (Phi) is 7.25. The molecule has 0 fully saturated rings. The number of anilines is 1. The quantitative estimate of drug-likeness (QED) is 0.515. The molecular weight excluding hydrogens is 432 g/mol. The molecule has 0 saturated carbocycles. The first-order valence-corrected chi connectivity index (χ1v) is 12.2. The third kappa shape index (κ3) is 5.39. The molecule has 0 aliphatic heterocycles. The molecule has 1 N–H and O–H groups in total. The van der Waals surface area contributed by atoms with Crippen LogP contribution in [0.4, 0.5) is 5.69 Å². The van der Waals surface area contributed by atoms with Crippen LogP contribution in [0.15, 0.2) is 82.6 Å². The van der Waals surface area contributed by atoms with Crippen LogP contribution in [0, 0.1) is 0 Å². The summed E-state index contributed by atoms with van der Waals surface area (Å²) in [4.78, 5) is 13.6. The number of hydrogen-bond donors (Lipinski definition) is 1. The summed E-state index contributed by atoms with van der Waals surface area (Å²) in [5.41, 5.74) is 1.87. The summed E-state index contributed by atoms with van der Waals surface area (Å²) in [5, 5.41) is 2.85. The fourth-order valence-corrected chi connectivity index (χ4v) is 4.50. The highest BCUT2D eigenvalue weighted by atomic mass is 32.2. The Balaban J connectivity index is 1.67. The zero-order valence-corrected chi connectivity index (χ0v) is 19.2. The number of amides is 1. The fraction of sp³-hybridized carbons (Fsp3) is 0.174. The van der Waals surface area contributed by atoms with Gasteiger partial charge < -0.3 is 10.1 Å². The Morgan fingerprint density at radius 1 is 0.968 bits per heavy atom. The third-order valence-corrected chi connectivity index (χ3v) is 7.37. The van der Waals surface area contributed by atoms with E-state index in [1.54, 1.807) is 67.4 Å². The van der Waals surface area contributed by atoms with Crippen LogP contribution in [0.25, 0.3) is 0 Å². The summed E-state index contributed by atoms with van der Waals surface area (Å²) in [6, 6.07) is 20.7. The maximum Gasteiger partial charge on any atom is 0.264 e. The van der Waals surface area contributed by atoms with Crippen molar-refractivity contribution in [1.29, 1.82) is 0 Å². The van der Waals surface area contributed by atoms with Gasteiger partial charge in [0.2, 0.25) is 0 Å². The van der Waals surface area contributed by atoms with Gasteiger partial charge in [0.1, 0.15) is 5.75 Å². The first kappa shape index (κ1) is 22.7. The number of rotatable bonds is 8. The van der Waals surface area contributed by atoms with Gasteiger partial charge >= 0.3 is 0 Å². The molecule has 3 rings (SSSR count). The van der Waals surface area contributed by atoms with E-state index < -0.39 is 10.0 Å². The molecule has 0 aromatic heterocycles. The Bertz CT molecular complexity index is 1130. The van der Waals surface area contributed by atoms with Crippen LogP contribution in [-0.2, 0) is 16.6 Å². The molecule has 162 valence electrons. The molecule has 8 heteroatoms. The minimum atomic E-state index is -3.69. The molecule has 0 heterocycles. The van der Waals surface area contributed by atoms with Gasteiger partial charge in [-0.05, 0) is 72.5 Å². The van der Waals surface area contributed by atoms with E-state index in [4.69, 9.17) is 4.74 Å². The van der Waals surface area contributed by atoms with Crippen molar-refractivity contribution in [3.63, 3.8) is 0 Å². The zero-order chi connectivity index (χ0) is 22.4. The number of sulfonamides is 1. The Morgan fingerprint density at radius 2 is 1.58 bits per heavy atom. The number of nitrogens with one attached hydrogen (secondary N) is 1. The van der Waals surface area contributed by atoms with Gasteiger partial charge in [0.05, 0.1) is 17.7 Å². The van der Waals surface area contributed by atoms with E-state index in [2.05, 4.69) is 5.32 Å². The second-order valence-corrected chi connectivity index (χ2v) is 9.57. The van der Waals surface area contributed by atoms with Crippen LogP contribution in [0.5, 0.6) is 5.75 Å². The summed E-state index contributed by atoms with van der Waals surface area (Å²) in [6.07, 6.45) is 1.93. The maximum atomic E-state index is 12.9. The lowest BCUT2D eigenvalue weighted by molar-refractivity contribution is 0.0951. The van der Waals surface area contributed by atoms with Gasteiger partial charge in [-0.1, -0.05) is 12.1 Å². The predicted octanol–water partition coefficient (Wildman–Crippen LogP) is 4.17. The molecule has 0 unspecified atom stereocenters. The molecule has 0 bridgehead atoms. The van der Waals surface area contributed by atoms with Crippen LogP contribution in [0.3, 0.4) is 0 Å². The number of carbonyl (C=O) groups excluding carboxylic acids is 1. The van der Waals surface area contributed by atoms with E-state index >= 15 is 0 Å². The van der Waals surface area contributed by atoms with Crippen LogP contribution >= 0.6 is 11.8 Å². The predicted molar refractivity (Wildman–Crippen MR) is 124 cm³/mol. The highest BCUT2D eigenvalue weighted by Gasteiger charge is 2.21. The van der Waals surface area contributed by atoms with E-state index in [1.165, 1.54) is 11.4 Å². The van der Waals surface area contributed by atoms with Gasteiger partial charge in [0.25, 0.3) is 15.9 Å². The van der Waals surface area contributed by atoms with Gasteiger partial charge in [-0.25, -0.2) is 8.42 Å². The van der Waals surface area contributed by atoms with Crippen molar-refractivity contribution in [2.24, 2.45) is 0 Å². The summed E-state index contributed by atoms with van der Waals surface area (Å²) < 4.78 is 32.1. The number of methoxy groups -OCH3 is 1. The number of carbonyl (C=O) groups is 1. The first-order valence-electron chi connectivity index (χ1n) is 9.49. The smallest absolute Gasteiger partial charge is 0.264 e. The lowest BCUT2D eigenvalue weighted by atomic mass is 10.1. The molecule has 0 atom stereocenters. The Morgan fingerprint density at radius 3 is 2.13 bits per heavy atom. The number of thioether (sulfide) groups is 1. The van der Waals surface area contributed by atoms with Crippen LogP contribution in [0.1, 0.15) is 15.9 Å². The van der Waals surface area contributed by atoms with E-state index in [0.717, 1.165) is 16.2 Å². The molecule has 6 nitrogen and oxygen atoms in total. The van der Waals surface area contributed by atoms with Crippen molar-refractivity contribution in [3.05, 3.63) is 83.9 Å². The lowest BCUT2D eigenvalue weighted by Gasteiger charge is -2.20. The van der Waals surface area contributed by atoms with Crippen molar-refractivity contribution < 1.29 is 17.9 Å². The minimum Gasteiger partial charge on any atom is -0.497 e. The Labute approximate surface area is 187 Å². The highest BCUT2D eigenvalue weighted by Crippen LogP contribution is 2.24. The standard InChI is InChI=1S/C23H24N2O4S2/c1-25(31(27,28)22-14-12-21(30-3)13-15-22)19-8-6-18(7-9-19)23(26)24-16-17-4-10-20(29-2)11-5-17/h4-15H,16H2,1-3H3,(H,24,26). The van der Waals surface area contributed by atoms with Gasteiger partial charge in [0, 0.05) is 24.1 Å². The second-order valence-electron chi connectivity index (χ2n) is 6.73. The van der Waals surface area contributed by atoms with Gasteiger partial charge in [-0.3, -0.25) is 9.10 Å². The van der Waals surface area contributed by atoms with E-state index in [-0.39, 0.29) is 10.8 Å². The molecule has 1 amide bonds. The second kappa shape index (κ2) is 9.89. The van der Waals surface area contributed by atoms with Crippen LogP contribution in [-0.4, -0.2) is 34.7 Å². The average molecular weight is 457 g/mol. The molecule has 0 spiro atoms. The molecule has 3 aromatic carbocycles. The summed E-state index contributed by atoms with van der Waals surface area (Å²) in [6.45, 7) is 0.380. The topological polar surface area (TPSA) is 75.7 Å². The van der Waals surface area contributed by atoms with Crippen molar-refractivity contribution in [2.45, 2.75) is 16.3 Å². The van der Waals surface area contributed by atoms with Crippen molar-refractivity contribution >= 4 is 33.4 Å². The summed E-state index contributed by atoms with van der Waals surface area (Å²) >= 11 is 1.55. The number of ether oxygens (including phenoxy) is 1. The molecule has 0 aliphatic rings. The SMILES string of the molecule is COc1ccc(CNC(=O)c2ccc(N(C)S(=O)(=O)c3ccc(SC)cc3)cc2)cc1. The number of benzene rings is 3. The molecule has 0 aliphatic carbocycles.